The third-order valence-electron chi connectivity index (χ3n) is 4.28. The fourth-order valence-corrected chi connectivity index (χ4v) is 3.47. The van der Waals surface area contributed by atoms with Gasteiger partial charge in [0.05, 0.1) is 7.11 Å². The lowest BCUT2D eigenvalue weighted by atomic mass is 9.84. The van der Waals surface area contributed by atoms with Crippen molar-refractivity contribution in [3.8, 4) is 5.75 Å². The molecule has 1 aliphatic carbocycles. The predicted molar refractivity (Wildman–Crippen MR) is 85.0 cm³/mol. The van der Waals surface area contributed by atoms with Crippen molar-refractivity contribution in [2.75, 3.05) is 7.11 Å². The molecule has 1 aliphatic rings. The molecule has 0 heterocycles. The van der Waals surface area contributed by atoms with Gasteiger partial charge < -0.3 is 10.5 Å². The van der Waals surface area contributed by atoms with Crippen LogP contribution in [0.4, 0.5) is 0 Å². The van der Waals surface area contributed by atoms with Gasteiger partial charge in [-0.05, 0) is 36.1 Å². The topological polar surface area (TPSA) is 35.2 Å². The molecule has 0 aromatic heterocycles. The van der Waals surface area contributed by atoms with Crippen LogP contribution in [0.5, 0.6) is 5.75 Å². The smallest absolute Gasteiger partial charge is 0.120 e. The van der Waals surface area contributed by atoms with Crippen LogP contribution < -0.4 is 10.5 Å². The summed E-state index contributed by atoms with van der Waals surface area (Å²) in [6.07, 6.45) is 2.30. The minimum Gasteiger partial charge on any atom is -0.497 e. The Kier molecular flexibility index (Phi) is 3.57. The molecule has 1 unspecified atom stereocenters. The number of nitrogens with two attached hydrogens (primary N) is 1. The summed E-state index contributed by atoms with van der Waals surface area (Å²) in [6, 6.07) is 16.6. The van der Waals surface area contributed by atoms with E-state index in [4.69, 9.17) is 10.5 Å². The van der Waals surface area contributed by atoms with Crippen LogP contribution in [0.2, 0.25) is 0 Å². The summed E-state index contributed by atoms with van der Waals surface area (Å²) in [5.74, 6) is 0.845. The first-order valence-corrected chi connectivity index (χ1v) is 7.61. The first-order chi connectivity index (χ1) is 9.67. The molecule has 3 heteroatoms. The Morgan fingerprint density at radius 3 is 2.40 bits per heavy atom. The Balaban J connectivity index is 1.95. The van der Waals surface area contributed by atoms with E-state index in [0.717, 1.165) is 28.6 Å². The second-order valence-corrected chi connectivity index (χ2v) is 6.24. The summed E-state index contributed by atoms with van der Waals surface area (Å²) in [4.78, 5) is 0. The number of halogens is 1. The van der Waals surface area contributed by atoms with E-state index >= 15 is 0 Å². The number of hydrogen-bond donors (Lipinski definition) is 1. The van der Waals surface area contributed by atoms with Gasteiger partial charge in [0.15, 0.2) is 0 Å². The molecule has 2 aromatic rings. The van der Waals surface area contributed by atoms with Crippen molar-refractivity contribution in [3.05, 3.63) is 64.1 Å². The summed E-state index contributed by atoms with van der Waals surface area (Å²) < 4.78 is 6.26. The van der Waals surface area contributed by atoms with Gasteiger partial charge in [-0.1, -0.05) is 52.3 Å². The Bertz CT molecular complexity index is 608. The standard InChI is InChI=1S/C17H18BrNO/c1-20-13-7-8-14(15(18)11-13)16(19)17(9-10-17)12-5-3-2-4-6-12/h2-8,11,16H,9-10,19H2,1H3. The molecule has 20 heavy (non-hydrogen) atoms. The van der Waals surface area contributed by atoms with Gasteiger partial charge >= 0.3 is 0 Å². The van der Waals surface area contributed by atoms with E-state index in [1.54, 1.807) is 7.11 Å². The maximum atomic E-state index is 6.59. The van der Waals surface area contributed by atoms with Gasteiger partial charge in [-0.2, -0.15) is 0 Å². The zero-order chi connectivity index (χ0) is 14.2. The summed E-state index contributed by atoms with van der Waals surface area (Å²) >= 11 is 3.62. The first kappa shape index (κ1) is 13.7. The summed E-state index contributed by atoms with van der Waals surface area (Å²) in [5.41, 5.74) is 9.17. The average Bonchev–Trinajstić information content (AvgIpc) is 3.29. The van der Waals surface area contributed by atoms with Gasteiger partial charge in [0.2, 0.25) is 0 Å². The van der Waals surface area contributed by atoms with Gasteiger partial charge in [0.25, 0.3) is 0 Å². The molecular weight excluding hydrogens is 314 g/mol. The first-order valence-electron chi connectivity index (χ1n) is 6.82. The molecule has 104 valence electrons. The van der Waals surface area contributed by atoms with Crippen LogP contribution in [-0.2, 0) is 5.41 Å². The summed E-state index contributed by atoms with van der Waals surface area (Å²) in [5, 5.41) is 0. The van der Waals surface area contributed by atoms with Crippen LogP contribution >= 0.6 is 15.9 Å². The van der Waals surface area contributed by atoms with Crippen molar-refractivity contribution in [1.29, 1.82) is 0 Å². The zero-order valence-electron chi connectivity index (χ0n) is 11.5. The molecule has 0 amide bonds. The molecule has 1 fully saturated rings. The highest BCUT2D eigenvalue weighted by Gasteiger charge is 2.50. The number of methoxy groups -OCH3 is 1. The van der Waals surface area contributed by atoms with Crippen LogP contribution in [-0.4, -0.2) is 7.11 Å². The molecule has 2 N–H and O–H groups in total. The van der Waals surface area contributed by atoms with Crippen molar-refractivity contribution in [1.82, 2.24) is 0 Å². The Hall–Kier alpha value is -1.32. The maximum Gasteiger partial charge on any atom is 0.120 e. The molecule has 0 aliphatic heterocycles. The summed E-state index contributed by atoms with van der Waals surface area (Å²) in [7, 11) is 1.67. The monoisotopic (exact) mass is 331 g/mol. The maximum absolute atomic E-state index is 6.59. The van der Waals surface area contributed by atoms with Crippen LogP contribution in [0.1, 0.15) is 30.0 Å². The molecule has 1 saturated carbocycles. The van der Waals surface area contributed by atoms with Crippen LogP contribution in [0.3, 0.4) is 0 Å². The molecule has 0 spiro atoms. The SMILES string of the molecule is COc1ccc(C(N)C2(c3ccccc3)CC2)c(Br)c1. The molecule has 1 atom stereocenters. The van der Waals surface area contributed by atoms with Gasteiger partial charge in [-0.25, -0.2) is 0 Å². The molecule has 2 aromatic carbocycles. The van der Waals surface area contributed by atoms with Gasteiger partial charge in [-0.15, -0.1) is 0 Å². The lowest BCUT2D eigenvalue weighted by Gasteiger charge is -2.25. The van der Waals surface area contributed by atoms with E-state index in [0.29, 0.717) is 0 Å². The fourth-order valence-electron chi connectivity index (χ4n) is 2.87. The predicted octanol–water partition coefficient (Wildman–Crippen LogP) is 4.19. The molecule has 0 saturated heterocycles. The van der Waals surface area contributed by atoms with Crippen molar-refractivity contribution in [2.24, 2.45) is 5.73 Å². The third kappa shape index (κ3) is 2.25. The van der Waals surface area contributed by atoms with E-state index in [2.05, 4.69) is 52.3 Å². The second-order valence-electron chi connectivity index (χ2n) is 5.39. The Morgan fingerprint density at radius 1 is 1.15 bits per heavy atom. The Labute approximate surface area is 128 Å². The molecule has 0 bridgehead atoms. The average molecular weight is 332 g/mol. The van der Waals surface area contributed by atoms with E-state index < -0.39 is 0 Å². The largest absolute Gasteiger partial charge is 0.497 e. The quantitative estimate of drug-likeness (QED) is 0.911. The second kappa shape index (κ2) is 5.23. The number of ether oxygens (including phenoxy) is 1. The van der Waals surface area contributed by atoms with Crippen molar-refractivity contribution >= 4 is 15.9 Å². The lowest BCUT2D eigenvalue weighted by Crippen LogP contribution is -2.26. The van der Waals surface area contributed by atoms with Crippen LogP contribution in [0.25, 0.3) is 0 Å². The van der Waals surface area contributed by atoms with Gasteiger partial charge in [-0.3, -0.25) is 0 Å². The minimum atomic E-state index is 0.00480. The lowest BCUT2D eigenvalue weighted by molar-refractivity contribution is 0.414. The van der Waals surface area contributed by atoms with E-state index in [1.165, 1.54) is 5.56 Å². The number of rotatable bonds is 4. The van der Waals surface area contributed by atoms with E-state index in [9.17, 15) is 0 Å². The minimum absolute atomic E-state index is 0.00480. The van der Waals surface area contributed by atoms with Crippen molar-refractivity contribution in [3.63, 3.8) is 0 Å². The highest BCUT2D eigenvalue weighted by atomic mass is 79.9. The zero-order valence-corrected chi connectivity index (χ0v) is 13.1. The highest BCUT2D eigenvalue weighted by molar-refractivity contribution is 9.10. The van der Waals surface area contributed by atoms with Crippen molar-refractivity contribution < 1.29 is 4.74 Å². The molecule has 2 nitrogen and oxygen atoms in total. The van der Waals surface area contributed by atoms with Crippen LogP contribution in [0.15, 0.2) is 53.0 Å². The molecule has 3 rings (SSSR count). The highest BCUT2D eigenvalue weighted by Crippen LogP contribution is 2.56. The van der Waals surface area contributed by atoms with Gasteiger partial charge in [0, 0.05) is 15.9 Å². The molecule has 0 radical (unpaired) electrons. The number of benzene rings is 2. The van der Waals surface area contributed by atoms with Crippen molar-refractivity contribution in [2.45, 2.75) is 24.3 Å². The normalized spacial score (nSPS) is 17.6. The van der Waals surface area contributed by atoms with E-state index in [-0.39, 0.29) is 11.5 Å². The summed E-state index contributed by atoms with van der Waals surface area (Å²) in [6.45, 7) is 0. The molecular formula is C17H18BrNO. The van der Waals surface area contributed by atoms with E-state index in [1.807, 2.05) is 12.1 Å². The van der Waals surface area contributed by atoms with Crippen LogP contribution in [0, 0.1) is 0 Å². The Morgan fingerprint density at radius 2 is 1.85 bits per heavy atom. The number of hydrogen-bond acceptors (Lipinski definition) is 2. The van der Waals surface area contributed by atoms with Gasteiger partial charge in [0.1, 0.15) is 5.75 Å². The third-order valence-corrected chi connectivity index (χ3v) is 4.96. The fraction of sp³-hybridized carbons (Fsp3) is 0.294.